The Bertz CT molecular complexity index is 938. The van der Waals surface area contributed by atoms with E-state index in [4.69, 9.17) is 9.47 Å². The molecule has 6 nitrogen and oxygen atoms in total. The zero-order chi connectivity index (χ0) is 17.7. The molecule has 0 aromatic heterocycles. The van der Waals surface area contributed by atoms with E-state index in [2.05, 4.69) is 5.32 Å². The van der Waals surface area contributed by atoms with Gasteiger partial charge in [-0.05, 0) is 48.2 Å². The van der Waals surface area contributed by atoms with Crippen molar-refractivity contribution in [1.29, 1.82) is 0 Å². The Morgan fingerprint density at radius 1 is 0.962 bits per heavy atom. The van der Waals surface area contributed by atoms with Crippen molar-refractivity contribution >= 4 is 23.2 Å². The van der Waals surface area contributed by atoms with E-state index in [0.29, 0.717) is 55.4 Å². The number of ether oxygens (including phenoxy) is 2. The average molecular weight is 350 g/mol. The highest BCUT2D eigenvalue weighted by atomic mass is 16.6. The predicted octanol–water partition coefficient (Wildman–Crippen LogP) is 2.55. The van der Waals surface area contributed by atoms with Crippen LogP contribution in [0.1, 0.15) is 27.9 Å². The molecule has 3 heterocycles. The second-order valence-electron chi connectivity index (χ2n) is 6.75. The molecule has 0 atom stereocenters. The second-order valence-corrected chi connectivity index (χ2v) is 6.75. The van der Waals surface area contributed by atoms with E-state index in [1.54, 1.807) is 12.1 Å². The van der Waals surface area contributed by atoms with Gasteiger partial charge in [0.25, 0.3) is 5.91 Å². The topological polar surface area (TPSA) is 67.9 Å². The fourth-order valence-corrected chi connectivity index (χ4v) is 3.91. The number of amides is 2. The molecule has 0 radical (unpaired) electrons. The number of hydrogen-bond acceptors (Lipinski definition) is 4. The van der Waals surface area contributed by atoms with E-state index in [1.165, 1.54) is 0 Å². The van der Waals surface area contributed by atoms with Gasteiger partial charge in [-0.1, -0.05) is 0 Å². The molecule has 0 unspecified atom stereocenters. The van der Waals surface area contributed by atoms with E-state index < -0.39 is 0 Å². The standard InChI is InChI=1S/C20H18N2O4/c23-18-4-1-12-9-14(10-13-5-6-22(18)19(12)13)20(24)21-15-2-3-16-17(11-15)26-8-7-25-16/h2-3,9-11H,1,4-8H2,(H,21,24). The molecule has 0 bridgehead atoms. The minimum Gasteiger partial charge on any atom is -0.486 e. The van der Waals surface area contributed by atoms with E-state index in [0.717, 1.165) is 23.2 Å². The van der Waals surface area contributed by atoms with Crippen molar-refractivity contribution < 1.29 is 19.1 Å². The number of aryl methyl sites for hydroxylation is 1. The maximum Gasteiger partial charge on any atom is 0.255 e. The van der Waals surface area contributed by atoms with Crippen LogP contribution in [0, 0.1) is 0 Å². The molecule has 2 aromatic rings. The highest BCUT2D eigenvalue weighted by molar-refractivity contribution is 6.06. The first-order chi connectivity index (χ1) is 12.7. The number of nitrogens with one attached hydrogen (secondary N) is 1. The molecule has 2 aromatic carbocycles. The van der Waals surface area contributed by atoms with Crippen LogP contribution in [0.4, 0.5) is 11.4 Å². The van der Waals surface area contributed by atoms with Gasteiger partial charge in [0.2, 0.25) is 5.91 Å². The van der Waals surface area contributed by atoms with E-state index in [9.17, 15) is 9.59 Å². The smallest absolute Gasteiger partial charge is 0.255 e. The summed E-state index contributed by atoms with van der Waals surface area (Å²) in [6, 6.07) is 9.22. The summed E-state index contributed by atoms with van der Waals surface area (Å²) in [5.74, 6) is 1.37. The molecule has 2 amide bonds. The van der Waals surface area contributed by atoms with Crippen molar-refractivity contribution in [1.82, 2.24) is 0 Å². The summed E-state index contributed by atoms with van der Waals surface area (Å²) in [5.41, 5.74) is 4.50. The van der Waals surface area contributed by atoms with E-state index in [1.807, 2.05) is 23.1 Å². The maximum atomic E-state index is 12.8. The van der Waals surface area contributed by atoms with Gasteiger partial charge < -0.3 is 19.7 Å². The molecule has 3 aliphatic rings. The molecule has 3 aliphatic heterocycles. The number of hydrogen-bond donors (Lipinski definition) is 1. The van der Waals surface area contributed by atoms with Crippen molar-refractivity contribution in [2.45, 2.75) is 19.3 Å². The van der Waals surface area contributed by atoms with Gasteiger partial charge in [-0.2, -0.15) is 0 Å². The summed E-state index contributed by atoms with van der Waals surface area (Å²) in [7, 11) is 0. The second kappa shape index (κ2) is 5.76. The molecular weight excluding hydrogens is 332 g/mol. The number of anilines is 2. The molecule has 6 heteroatoms. The van der Waals surface area contributed by atoms with Gasteiger partial charge in [-0.15, -0.1) is 0 Å². The fraction of sp³-hybridized carbons (Fsp3) is 0.300. The molecule has 1 N–H and O–H groups in total. The van der Waals surface area contributed by atoms with Crippen molar-refractivity contribution in [2.75, 3.05) is 30.0 Å². The summed E-state index contributed by atoms with van der Waals surface area (Å²) >= 11 is 0. The first-order valence-corrected chi connectivity index (χ1v) is 8.86. The van der Waals surface area contributed by atoms with Gasteiger partial charge in [0.1, 0.15) is 13.2 Å². The quantitative estimate of drug-likeness (QED) is 0.904. The highest BCUT2D eigenvalue weighted by Crippen LogP contribution is 2.38. The minimum absolute atomic E-state index is 0.156. The summed E-state index contributed by atoms with van der Waals surface area (Å²) in [5, 5.41) is 2.93. The summed E-state index contributed by atoms with van der Waals surface area (Å²) in [6.45, 7) is 1.76. The molecular formula is C20H18N2O4. The van der Waals surface area contributed by atoms with Gasteiger partial charge in [0.15, 0.2) is 11.5 Å². The van der Waals surface area contributed by atoms with Crippen LogP contribution in [-0.2, 0) is 17.6 Å². The Morgan fingerprint density at radius 2 is 1.73 bits per heavy atom. The number of carbonyl (C=O) groups is 2. The van der Waals surface area contributed by atoms with Gasteiger partial charge in [-0.25, -0.2) is 0 Å². The third-order valence-corrected chi connectivity index (χ3v) is 5.11. The average Bonchev–Trinajstić information content (AvgIpc) is 3.10. The summed E-state index contributed by atoms with van der Waals surface area (Å²) in [6.07, 6.45) is 2.02. The van der Waals surface area contributed by atoms with Crippen LogP contribution < -0.4 is 19.7 Å². The van der Waals surface area contributed by atoms with Crippen molar-refractivity contribution in [2.24, 2.45) is 0 Å². The fourth-order valence-electron chi connectivity index (χ4n) is 3.91. The van der Waals surface area contributed by atoms with Crippen LogP contribution in [0.2, 0.25) is 0 Å². The molecule has 26 heavy (non-hydrogen) atoms. The van der Waals surface area contributed by atoms with Crippen LogP contribution in [0.3, 0.4) is 0 Å². The predicted molar refractivity (Wildman–Crippen MR) is 96.2 cm³/mol. The Morgan fingerprint density at radius 3 is 2.58 bits per heavy atom. The number of carbonyl (C=O) groups excluding carboxylic acids is 2. The van der Waals surface area contributed by atoms with Crippen LogP contribution >= 0.6 is 0 Å². The Kier molecular flexibility index (Phi) is 3.38. The van der Waals surface area contributed by atoms with E-state index in [-0.39, 0.29) is 11.8 Å². The van der Waals surface area contributed by atoms with Gasteiger partial charge in [-0.3, -0.25) is 9.59 Å². The number of benzene rings is 2. The lowest BCUT2D eigenvalue weighted by Gasteiger charge is -2.25. The third-order valence-electron chi connectivity index (χ3n) is 5.11. The molecule has 0 saturated carbocycles. The lowest BCUT2D eigenvalue weighted by molar-refractivity contribution is -0.118. The van der Waals surface area contributed by atoms with Gasteiger partial charge in [0.05, 0.1) is 5.69 Å². The van der Waals surface area contributed by atoms with Crippen LogP contribution in [-0.4, -0.2) is 31.6 Å². The van der Waals surface area contributed by atoms with Crippen molar-refractivity contribution in [3.63, 3.8) is 0 Å². The van der Waals surface area contributed by atoms with Crippen molar-refractivity contribution in [3.05, 3.63) is 47.0 Å². The zero-order valence-corrected chi connectivity index (χ0v) is 14.2. The largest absolute Gasteiger partial charge is 0.486 e. The molecule has 0 fully saturated rings. The van der Waals surface area contributed by atoms with E-state index >= 15 is 0 Å². The van der Waals surface area contributed by atoms with Crippen LogP contribution in [0.5, 0.6) is 11.5 Å². The monoisotopic (exact) mass is 350 g/mol. The Balaban J connectivity index is 1.42. The Hall–Kier alpha value is -3.02. The molecule has 132 valence electrons. The minimum atomic E-state index is -0.156. The zero-order valence-electron chi connectivity index (χ0n) is 14.2. The molecule has 0 saturated heterocycles. The maximum absolute atomic E-state index is 12.8. The number of fused-ring (bicyclic) bond motifs is 1. The first kappa shape index (κ1) is 15.3. The first-order valence-electron chi connectivity index (χ1n) is 8.86. The molecule has 0 aliphatic carbocycles. The Labute approximate surface area is 150 Å². The highest BCUT2D eigenvalue weighted by Gasteiger charge is 2.32. The third kappa shape index (κ3) is 2.41. The van der Waals surface area contributed by atoms with Gasteiger partial charge >= 0.3 is 0 Å². The lowest BCUT2D eigenvalue weighted by Crippen LogP contribution is -2.33. The molecule has 0 spiro atoms. The normalized spacial score (nSPS) is 17.1. The van der Waals surface area contributed by atoms with Crippen molar-refractivity contribution in [3.8, 4) is 11.5 Å². The number of nitrogens with zero attached hydrogens (tertiary/aromatic N) is 1. The van der Waals surface area contributed by atoms with Gasteiger partial charge in [0, 0.05) is 30.3 Å². The SMILES string of the molecule is O=C(Nc1ccc2c(c1)OCCO2)c1cc2c3c(c1)CCN3C(=O)CC2. The van der Waals surface area contributed by atoms with Crippen LogP contribution in [0.15, 0.2) is 30.3 Å². The summed E-state index contributed by atoms with van der Waals surface area (Å²) < 4.78 is 11.1. The molecule has 5 rings (SSSR count). The number of rotatable bonds is 2. The van der Waals surface area contributed by atoms with Crippen LogP contribution in [0.25, 0.3) is 0 Å². The lowest BCUT2D eigenvalue weighted by atomic mass is 9.96. The summed E-state index contributed by atoms with van der Waals surface area (Å²) in [4.78, 5) is 26.6.